The SMILES string of the molecule is CCS(=O)(=O)C(=CN(C)C)C(=O)c1ncc(/C=C(\Cl)C(F)(F)F)n1C. The van der Waals surface area contributed by atoms with Gasteiger partial charge in [-0.2, -0.15) is 13.2 Å². The minimum atomic E-state index is -4.74. The highest BCUT2D eigenvalue weighted by Gasteiger charge is 2.33. The van der Waals surface area contributed by atoms with Crippen LogP contribution < -0.4 is 0 Å². The third kappa shape index (κ3) is 5.08. The molecule has 0 aliphatic heterocycles. The molecule has 1 aromatic rings. The van der Waals surface area contributed by atoms with Crippen LogP contribution in [-0.2, 0) is 16.9 Å². The summed E-state index contributed by atoms with van der Waals surface area (Å²) >= 11 is 5.17. The van der Waals surface area contributed by atoms with E-state index in [0.29, 0.717) is 6.08 Å². The van der Waals surface area contributed by atoms with E-state index in [1.165, 1.54) is 33.0 Å². The molecule has 1 heterocycles. The molecule has 0 saturated heterocycles. The first-order valence-electron chi connectivity index (χ1n) is 6.93. The molecule has 0 unspecified atom stereocenters. The number of aromatic nitrogens is 2. The van der Waals surface area contributed by atoms with Crippen LogP contribution in [-0.4, -0.2) is 54.7 Å². The van der Waals surface area contributed by atoms with E-state index >= 15 is 0 Å². The zero-order chi connectivity index (χ0) is 19.6. The van der Waals surface area contributed by atoms with Crippen molar-refractivity contribution >= 4 is 33.3 Å². The van der Waals surface area contributed by atoms with Gasteiger partial charge in [-0.15, -0.1) is 0 Å². The predicted octanol–water partition coefficient (Wildman–Crippen LogP) is 2.58. The van der Waals surface area contributed by atoms with Gasteiger partial charge in [0.15, 0.2) is 15.7 Å². The Hall–Kier alpha value is -1.81. The number of ketones is 1. The summed E-state index contributed by atoms with van der Waals surface area (Å²) < 4.78 is 62.9. The maximum Gasteiger partial charge on any atom is 0.427 e. The Balaban J connectivity index is 3.41. The molecule has 0 N–H and O–H groups in total. The number of carbonyl (C=O) groups excluding carboxylic acids is 1. The zero-order valence-corrected chi connectivity index (χ0v) is 15.5. The maximum atomic E-state index is 12.6. The van der Waals surface area contributed by atoms with Crippen molar-refractivity contribution in [3.8, 4) is 0 Å². The molecule has 0 aliphatic carbocycles. The summed E-state index contributed by atoms with van der Waals surface area (Å²) in [5.74, 6) is -1.54. The second kappa shape index (κ2) is 7.61. The third-order valence-corrected chi connectivity index (χ3v) is 5.13. The standard InChI is InChI=1S/C14H17ClF3N3O3S/c1-5-25(23,24)10(8-20(2)3)12(22)13-19-7-9(21(13)4)6-11(15)14(16,17)18/h6-8H,5H2,1-4H3/b10-8?,11-6-. The van der Waals surface area contributed by atoms with Crippen LogP contribution in [0.5, 0.6) is 0 Å². The Morgan fingerprint density at radius 3 is 2.40 bits per heavy atom. The van der Waals surface area contributed by atoms with Gasteiger partial charge >= 0.3 is 6.18 Å². The minimum absolute atomic E-state index is 0.0937. The van der Waals surface area contributed by atoms with Crippen LogP contribution in [0.25, 0.3) is 6.08 Å². The van der Waals surface area contributed by atoms with Crippen molar-refractivity contribution < 1.29 is 26.4 Å². The van der Waals surface area contributed by atoms with Crippen molar-refractivity contribution in [3.05, 3.63) is 33.9 Å². The van der Waals surface area contributed by atoms with Crippen LogP contribution >= 0.6 is 11.6 Å². The number of hydrogen-bond acceptors (Lipinski definition) is 5. The van der Waals surface area contributed by atoms with E-state index in [4.69, 9.17) is 11.6 Å². The molecule has 0 amide bonds. The summed E-state index contributed by atoms with van der Waals surface area (Å²) in [5, 5.41) is -1.39. The van der Waals surface area contributed by atoms with E-state index < -0.39 is 31.7 Å². The summed E-state index contributed by atoms with van der Waals surface area (Å²) in [5.41, 5.74) is -0.0937. The smallest absolute Gasteiger partial charge is 0.382 e. The predicted molar refractivity (Wildman–Crippen MR) is 88.7 cm³/mol. The normalized spacial score (nSPS) is 13.9. The van der Waals surface area contributed by atoms with Gasteiger partial charge in [0.25, 0.3) is 0 Å². The van der Waals surface area contributed by atoms with Gasteiger partial charge in [0.2, 0.25) is 5.78 Å². The van der Waals surface area contributed by atoms with Crippen LogP contribution in [0.2, 0.25) is 0 Å². The van der Waals surface area contributed by atoms with Gasteiger partial charge in [0.05, 0.1) is 17.6 Å². The number of Topliss-reactive ketones (excluding diaryl/α,β-unsaturated/α-hetero) is 1. The van der Waals surface area contributed by atoms with Gasteiger partial charge in [-0.05, 0) is 6.08 Å². The van der Waals surface area contributed by atoms with Gasteiger partial charge in [-0.25, -0.2) is 13.4 Å². The lowest BCUT2D eigenvalue weighted by molar-refractivity contribution is -0.0837. The van der Waals surface area contributed by atoms with E-state index in [1.807, 2.05) is 0 Å². The quantitative estimate of drug-likeness (QED) is 0.543. The molecule has 0 spiro atoms. The maximum absolute atomic E-state index is 12.6. The number of imidazole rings is 1. The highest BCUT2D eigenvalue weighted by molar-refractivity contribution is 7.96. The summed E-state index contributed by atoms with van der Waals surface area (Å²) in [6, 6.07) is 0. The highest BCUT2D eigenvalue weighted by atomic mass is 35.5. The topological polar surface area (TPSA) is 72.3 Å². The summed E-state index contributed by atoms with van der Waals surface area (Å²) in [6.45, 7) is 1.38. The van der Waals surface area contributed by atoms with Crippen molar-refractivity contribution in [2.24, 2.45) is 7.05 Å². The second-order valence-corrected chi connectivity index (χ2v) is 7.90. The van der Waals surface area contributed by atoms with Crippen LogP contribution in [0.3, 0.4) is 0 Å². The number of rotatable bonds is 6. The summed E-state index contributed by atoms with van der Waals surface area (Å²) in [4.78, 5) is 17.2. The zero-order valence-electron chi connectivity index (χ0n) is 13.9. The lowest BCUT2D eigenvalue weighted by Crippen LogP contribution is -2.21. The fraction of sp³-hybridized carbons (Fsp3) is 0.429. The van der Waals surface area contributed by atoms with Crippen LogP contribution in [0.1, 0.15) is 23.2 Å². The fourth-order valence-electron chi connectivity index (χ4n) is 1.76. The van der Waals surface area contributed by atoms with E-state index in [0.717, 1.165) is 17.0 Å². The number of halogens is 4. The Labute approximate surface area is 148 Å². The Bertz CT molecular complexity index is 824. The molecule has 0 aromatic carbocycles. The lowest BCUT2D eigenvalue weighted by Gasteiger charge is -2.11. The van der Waals surface area contributed by atoms with Gasteiger partial charge < -0.3 is 9.47 Å². The molecule has 0 atom stereocenters. The average Bonchev–Trinajstić information content (AvgIpc) is 2.84. The number of nitrogens with zero attached hydrogens (tertiary/aromatic N) is 3. The van der Waals surface area contributed by atoms with Crippen LogP contribution in [0, 0.1) is 0 Å². The van der Waals surface area contributed by atoms with Gasteiger partial charge in [0, 0.05) is 27.3 Å². The Morgan fingerprint density at radius 2 is 1.96 bits per heavy atom. The number of carbonyl (C=O) groups is 1. The van der Waals surface area contributed by atoms with Crippen LogP contribution in [0.4, 0.5) is 13.2 Å². The Morgan fingerprint density at radius 1 is 1.40 bits per heavy atom. The second-order valence-electron chi connectivity index (χ2n) is 5.25. The van der Waals surface area contributed by atoms with E-state index in [-0.39, 0.29) is 17.3 Å². The van der Waals surface area contributed by atoms with Crippen molar-refractivity contribution in [1.29, 1.82) is 0 Å². The molecule has 1 aromatic heterocycles. The van der Waals surface area contributed by atoms with Gasteiger partial charge in [-0.1, -0.05) is 18.5 Å². The van der Waals surface area contributed by atoms with Gasteiger partial charge in [0.1, 0.15) is 9.94 Å². The lowest BCUT2D eigenvalue weighted by atomic mass is 10.3. The number of sulfone groups is 1. The molecule has 0 bridgehead atoms. The first kappa shape index (κ1) is 21.2. The molecule has 0 radical (unpaired) electrons. The number of hydrogen-bond donors (Lipinski definition) is 0. The van der Waals surface area contributed by atoms with Crippen molar-refractivity contribution in [2.75, 3.05) is 19.8 Å². The minimum Gasteiger partial charge on any atom is -0.382 e. The first-order valence-corrected chi connectivity index (χ1v) is 8.96. The van der Waals surface area contributed by atoms with E-state index in [9.17, 15) is 26.4 Å². The fourth-order valence-corrected chi connectivity index (χ4v) is 2.93. The molecule has 6 nitrogen and oxygen atoms in total. The van der Waals surface area contributed by atoms with Crippen molar-refractivity contribution in [2.45, 2.75) is 13.1 Å². The van der Waals surface area contributed by atoms with Crippen molar-refractivity contribution in [3.63, 3.8) is 0 Å². The number of alkyl halides is 3. The van der Waals surface area contributed by atoms with E-state index in [1.54, 1.807) is 0 Å². The summed E-state index contributed by atoms with van der Waals surface area (Å²) in [7, 11) is 0.500. The molecule has 0 saturated carbocycles. The highest BCUT2D eigenvalue weighted by Crippen LogP contribution is 2.30. The average molecular weight is 400 g/mol. The molecule has 25 heavy (non-hydrogen) atoms. The van der Waals surface area contributed by atoms with Crippen molar-refractivity contribution in [1.82, 2.24) is 14.5 Å². The largest absolute Gasteiger partial charge is 0.427 e. The molecular formula is C14H17ClF3N3O3S. The molecule has 0 aliphatic rings. The summed E-state index contributed by atoms with van der Waals surface area (Å²) in [6.07, 6.45) is -1.99. The molecule has 0 fully saturated rings. The van der Waals surface area contributed by atoms with Gasteiger partial charge in [-0.3, -0.25) is 4.79 Å². The third-order valence-electron chi connectivity index (χ3n) is 3.09. The molecular weight excluding hydrogens is 383 g/mol. The Kier molecular flexibility index (Phi) is 6.46. The molecule has 1 rings (SSSR count). The van der Waals surface area contributed by atoms with Crippen LogP contribution in [0.15, 0.2) is 22.3 Å². The molecule has 140 valence electrons. The number of allylic oxidation sites excluding steroid dienone is 2. The first-order chi connectivity index (χ1) is 11.3. The van der Waals surface area contributed by atoms with E-state index in [2.05, 4.69) is 4.98 Å². The molecule has 11 heteroatoms. The monoisotopic (exact) mass is 399 g/mol.